The minimum atomic E-state index is 0.642. The molecule has 0 saturated carbocycles. The lowest BCUT2D eigenvalue weighted by molar-refractivity contribution is 0.376. The van der Waals surface area contributed by atoms with Gasteiger partial charge in [-0.05, 0) is 31.9 Å². The standard InChI is InChI=1S/C13H20N2/c1-11-8-9-13(10-14-11)15(2)12-6-4-3-5-7-12/h3-7,11,13-14H,8-10H2,1-2H3. The van der Waals surface area contributed by atoms with Crippen molar-refractivity contribution in [3.8, 4) is 0 Å². The van der Waals surface area contributed by atoms with E-state index in [-0.39, 0.29) is 0 Å². The summed E-state index contributed by atoms with van der Waals surface area (Å²) in [5.41, 5.74) is 1.32. The maximum atomic E-state index is 3.54. The van der Waals surface area contributed by atoms with Crippen LogP contribution in [0, 0.1) is 0 Å². The zero-order valence-electron chi connectivity index (χ0n) is 9.61. The number of benzene rings is 1. The Bertz CT molecular complexity index is 289. The van der Waals surface area contributed by atoms with Crippen LogP contribution in [0.3, 0.4) is 0 Å². The van der Waals surface area contributed by atoms with E-state index in [1.54, 1.807) is 0 Å². The third-order valence-electron chi connectivity index (χ3n) is 3.35. The van der Waals surface area contributed by atoms with Crippen molar-refractivity contribution in [2.45, 2.75) is 31.8 Å². The number of nitrogens with zero attached hydrogens (tertiary/aromatic N) is 1. The largest absolute Gasteiger partial charge is 0.370 e. The highest BCUT2D eigenvalue weighted by Gasteiger charge is 2.20. The summed E-state index contributed by atoms with van der Waals surface area (Å²) in [6.07, 6.45) is 2.57. The topological polar surface area (TPSA) is 15.3 Å². The fraction of sp³-hybridized carbons (Fsp3) is 0.538. The van der Waals surface area contributed by atoms with E-state index in [9.17, 15) is 0 Å². The highest BCUT2D eigenvalue weighted by atomic mass is 15.2. The van der Waals surface area contributed by atoms with E-state index in [2.05, 4.69) is 54.5 Å². The molecule has 2 atom stereocenters. The molecule has 2 unspecified atom stereocenters. The van der Waals surface area contributed by atoms with Gasteiger partial charge in [0.25, 0.3) is 0 Å². The summed E-state index contributed by atoms with van der Waals surface area (Å²) < 4.78 is 0. The molecule has 2 heteroatoms. The summed E-state index contributed by atoms with van der Waals surface area (Å²) in [5, 5.41) is 3.54. The first-order valence-electron chi connectivity index (χ1n) is 5.78. The molecule has 1 fully saturated rings. The zero-order chi connectivity index (χ0) is 10.7. The van der Waals surface area contributed by atoms with Gasteiger partial charge in [-0.25, -0.2) is 0 Å². The SMILES string of the molecule is CC1CCC(N(C)c2ccccc2)CN1. The first kappa shape index (κ1) is 10.5. The number of para-hydroxylation sites is 1. The smallest absolute Gasteiger partial charge is 0.0411 e. The van der Waals surface area contributed by atoms with Crippen molar-refractivity contribution in [1.82, 2.24) is 5.32 Å². The summed E-state index contributed by atoms with van der Waals surface area (Å²) in [6, 6.07) is 12.0. The Labute approximate surface area is 92.3 Å². The Balaban J connectivity index is 1.99. The molecule has 1 aromatic carbocycles. The van der Waals surface area contributed by atoms with Gasteiger partial charge in [-0.3, -0.25) is 0 Å². The number of hydrogen-bond acceptors (Lipinski definition) is 2. The molecule has 0 aromatic heterocycles. The van der Waals surface area contributed by atoms with E-state index in [1.165, 1.54) is 18.5 Å². The third-order valence-corrected chi connectivity index (χ3v) is 3.35. The van der Waals surface area contributed by atoms with Gasteiger partial charge in [0.2, 0.25) is 0 Å². The number of anilines is 1. The van der Waals surface area contributed by atoms with Crippen LogP contribution in [-0.4, -0.2) is 25.7 Å². The molecule has 15 heavy (non-hydrogen) atoms. The summed E-state index contributed by atoms with van der Waals surface area (Å²) in [7, 11) is 2.19. The van der Waals surface area contributed by atoms with Crippen molar-refractivity contribution in [3.63, 3.8) is 0 Å². The summed E-state index contributed by atoms with van der Waals surface area (Å²) in [4.78, 5) is 2.39. The average molecular weight is 204 g/mol. The molecule has 1 aliphatic heterocycles. The zero-order valence-corrected chi connectivity index (χ0v) is 9.61. The Morgan fingerprint density at radius 1 is 1.20 bits per heavy atom. The molecule has 1 aromatic rings. The molecule has 2 nitrogen and oxygen atoms in total. The minimum absolute atomic E-state index is 0.642. The van der Waals surface area contributed by atoms with Crippen molar-refractivity contribution >= 4 is 5.69 Å². The van der Waals surface area contributed by atoms with Crippen molar-refractivity contribution in [3.05, 3.63) is 30.3 Å². The van der Waals surface area contributed by atoms with Gasteiger partial charge in [0.05, 0.1) is 0 Å². The van der Waals surface area contributed by atoms with E-state index in [1.807, 2.05) is 0 Å². The van der Waals surface area contributed by atoms with Gasteiger partial charge in [-0.15, -0.1) is 0 Å². The second-order valence-corrected chi connectivity index (χ2v) is 4.49. The van der Waals surface area contributed by atoms with E-state index in [4.69, 9.17) is 0 Å². The van der Waals surface area contributed by atoms with Crippen LogP contribution in [0.2, 0.25) is 0 Å². The lowest BCUT2D eigenvalue weighted by Gasteiger charge is -2.35. The first-order valence-corrected chi connectivity index (χ1v) is 5.78. The molecule has 0 bridgehead atoms. The van der Waals surface area contributed by atoms with Crippen LogP contribution in [0.15, 0.2) is 30.3 Å². The molecule has 82 valence electrons. The lowest BCUT2D eigenvalue weighted by atomic mass is 10.0. The Kier molecular flexibility index (Phi) is 3.27. The minimum Gasteiger partial charge on any atom is -0.370 e. The average Bonchev–Trinajstić information content (AvgIpc) is 2.30. The molecule has 1 saturated heterocycles. The molecule has 0 radical (unpaired) electrons. The highest BCUT2D eigenvalue weighted by molar-refractivity contribution is 5.46. The van der Waals surface area contributed by atoms with Gasteiger partial charge < -0.3 is 10.2 Å². The molecule has 1 N–H and O–H groups in total. The second-order valence-electron chi connectivity index (χ2n) is 4.49. The van der Waals surface area contributed by atoms with Crippen LogP contribution in [-0.2, 0) is 0 Å². The maximum absolute atomic E-state index is 3.54. The second kappa shape index (κ2) is 4.67. The van der Waals surface area contributed by atoms with Gasteiger partial charge in [0, 0.05) is 31.4 Å². The normalized spacial score (nSPS) is 26.3. The van der Waals surface area contributed by atoms with Crippen molar-refractivity contribution in [1.29, 1.82) is 0 Å². The lowest BCUT2D eigenvalue weighted by Crippen LogP contribution is -2.47. The van der Waals surface area contributed by atoms with Crippen molar-refractivity contribution in [2.75, 3.05) is 18.5 Å². The first-order chi connectivity index (χ1) is 7.27. The summed E-state index contributed by atoms with van der Waals surface area (Å²) >= 11 is 0. The molecule has 0 amide bonds. The van der Waals surface area contributed by atoms with E-state index in [0.717, 1.165) is 6.54 Å². The van der Waals surface area contributed by atoms with Crippen LogP contribution in [0.5, 0.6) is 0 Å². The molecule has 1 heterocycles. The fourth-order valence-electron chi connectivity index (χ4n) is 2.19. The monoisotopic (exact) mass is 204 g/mol. The van der Waals surface area contributed by atoms with Crippen LogP contribution in [0.1, 0.15) is 19.8 Å². The quantitative estimate of drug-likeness (QED) is 0.795. The van der Waals surface area contributed by atoms with Crippen LogP contribution in [0.4, 0.5) is 5.69 Å². The van der Waals surface area contributed by atoms with Crippen LogP contribution >= 0.6 is 0 Å². The van der Waals surface area contributed by atoms with Gasteiger partial charge >= 0.3 is 0 Å². The van der Waals surface area contributed by atoms with Gasteiger partial charge in [0.15, 0.2) is 0 Å². The fourth-order valence-corrected chi connectivity index (χ4v) is 2.19. The molecular weight excluding hydrogens is 184 g/mol. The van der Waals surface area contributed by atoms with Gasteiger partial charge in [-0.1, -0.05) is 18.2 Å². The molecule has 2 rings (SSSR count). The Hall–Kier alpha value is -1.02. The van der Waals surface area contributed by atoms with Gasteiger partial charge in [0.1, 0.15) is 0 Å². The van der Waals surface area contributed by atoms with E-state index < -0.39 is 0 Å². The number of nitrogens with one attached hydrogen (secondary N) is 1. The molecule has 0 aliphatic carbocycles. The van der Waals surface area contributed by atoms with Crippen LogP contribution in [0.25, 0.3) is 0 Å². The molecule has 1 aliphatic rings. The number of hydrogen-bond donors (Lipinski definition) is 1. The predicted octanol–water partition coefficient (Wildman–Crippen LogP) is 2.26. The molecule has 0 spiro atoms. The van der Waals surface area contributed by atoms with Crippen molar-refractivity contribution < 1.29 is 0 Å². The number of likely N-dealkylation sites (N-methyl/N-ethyl adjacent to an activating group) is 1. The highest BCUT2D eigenvalue weighted by Crippen LogP contribution is 2.19. The maximum Gasteiger partial charge on any atom is 0.0411 e. The van der Waals surface area contributed by atoms with Crippen molar-refractivity contribution in [2.24, 2.45) is 0 Å². The number of piperidine rings is 1. The summed E-state index contributed by atoms with van der Waals surface area (Å²) in [5.74, 6) is 0. The number of rotatable bonds is 2. The van der Waals surface area contributed by atoms with Crippen LogP contribution < -0.4 is 10.2 Å². The summed E-state index contributed by atoms with van der Waals surface area (Å²) in [6.45, 7) is 3.37. The van der Waals surface area contributed by atoms with Gasteiger partial charge in [-0.2, -0.15) is 0 Å². The molecular formula is C13H20N2. The van der Waals surface area contributed by atoms with E-state index in [0.29, 0.717) is 12.1 Å². The predicted molar refractivity (Wildman–Crippen MR) is 65.3 cm³/mol. The third kappa shape index (κ3) is 2.51. The Morgan fingerprint density at radius 2 is 1.93 bits per heavy atom. The Morgan fingerprint density at radius 3 is 2.53 bits per heavy atom. The van der Waals surface area contributed by atoms with E-state index >= 15 is 0 Å².